The van der Waals surface area contributed by atoms with Gasteiger partial charge in [-0.15, -0.1) is 0 Å². The highest BCUT2D eigenvalue weighted by atomic mass is 19.1. The number of hydrogen-bond donors (Lipinski definition) is 5. The molecular weight excluding hydrogens is 387 g/mol. The van der Waals surface area contributed by atoms with Gasteiger partial charge in [0.15, 0.2) is 11.6 Å². The van der Waals surface area contributed by atoms with Crippen molar-refractivity contribution < 1.29 is 9.18 Å². The third kappa shape index (κ3) is 5.29. The van der Waals surface area contributed by atoms with Crippen molar-refractivity contribution in [2.24, 2.45) is 27.2 Å². The third-order valence-corrected chi connectivity index (χ3v) is 4.87. The minimum Gasteiger partial charge on any atom is -0.390 e. The van der Waals surface area contributed by atoms with Crippen LogP contribution in [0.1, 0.15) is 36.0 Å². The first-order valence-electron chi connectivity index (χ1n) is 9.63. The van der Waals surface area contributed by atoms with Crippen molar-refractivity contribution in [2.45, 2.75) is 37.8 Å². The third-order valence-electron chi connectivity index (χ3n) is 4.87. The molecule has 1 amide bonds. The van der Waals surface area contributed by atoms with E-state index in [1.165, 1.54) is 6.34 Å². The number of amides is 1. The van der Waals surface area contributed by atoms with Crippen LogP contribution in [0, 0.1) is 5.82 Å². The first-order valence-corrected chi connectivity index (χ1v) is 9.63. The number of carbonyl (C=O) groups is 1. The van der Waals surface area contributed by atoms with E-state index in [2.05, 4.69) is 25.6 Å². The van der Waals surface area contributed by atoms with Crippen molar-refractivity contribution in [1.82, 2.24) is 4.98 Å². The standard InChI is InChI=1S/C20H25FN8O/c21-15-9-14(18(24)30)19(29-20(15)28-17-4-2-1-3-16(17)23)27-13-7-5-12(6-8-13)26-11-25-10-22/h5-11,16-17H,1-4,23H2,(H2,24,30)(H2,22,25,26)(H2,27,28,29)/t16-,17+/m0/s1. The number of hydrogen-bond acceptors (Lipinski definition) is 6. The number of pyridine rings is 1. The molecule has 8 N–H and O–H groups in total. The predicted octanol–water partition coefficient (Wildman–Crippen LogP) is 2.39. The number of nitrogens with two attached hydrogens (primary N) is 3. The second-order valence-corrected chi connectivity index (χ2v) is 6.99. The van der Waals surface area contributed by atoms with Crippen LogP contribution in [0.2, 0.25) is 0 Å². The fraction of sp³-hybridized carbons (Fsp3) is 0.300. The molecule has 2 atom stereocenters. The van der Waals surface area contributed by atoms with Gasteiger partial charge in [0.2, 0.25) is 0 Å². The molecule has 3 rings (SSSR count). The van der Waals surface area contributed by atoms with Gasteiger partial charge in [-0.3, -0.25) is 4.79 Å². The number of aromatic nitrogens is 1. The average molecular weight is 412 g/mol. The van der Waals surface area contributed by atoms with E-state index in [4.69, 9.17) is 17.2 Å². The van der Waals surface area contributed by atoms with Crippen molar-refractivity contribution in [3.8, 4) is 0 Å². The Morgan fingerprint density at radius 1 is 1.20 bits per heavy atom. The highest BCUT2D eigenvalue weighted by molar-refractivity contribution is 5.98. The van der Waals surface area contributed by atoms with Gasteiger partial charge in [-0.1, -0.05) is 12.8 Å². The number of halogens is 1. The van der Waals surface area contributed by atoms with E-state index in [-0.39, 0.29) is 29.3 Å². The fourth-order valence-corrected chi connectivity index (χ4v) is 3.29. The second kappa shape index (κ2) is 9.79. The molecule has 0 saturated heterocycles. The fourth-order valence-electron chi connectivity index (χ4n) is 3.29. The molecule has 1 aliphatic carbocycles. The predicted molar refractivity (Wildman–Crippen MR) is 117 cm³/mol. The van der Waals surface area contributed by atoms with Crippen LogP contribution in [0.15, 0.2) is 40.3 Å². The van der Waals surface area contributed by atoms with E-state index in [9.17, 15) is 9.18 Å². The normalized spacial score (nSPS) is 19.3. The van der Waals surface area contributed by atoms with E-state index in [0.717, 1.165) is 38.1 Å². The molecule has 2 aromatic rings. The quantitative estimate of drug-likeness (QED) is 0.347. The maximum Gasteiger partial charge on any atom is 0.252 e. The molecule has 1 saturated carbocycles. The Kier molecular flexibility index (Phi) is 6.91. The van der Waals surface area contributed by atoms with Gasteiger partial charge in [0.25, 0.3) is 5.91 Å². The Labute approximate surface area is 173 Å². The molecule has 1 heterocycles. The largest absolute Gasteiger partial charge is 0.390 e. The molecule has 1 aliphatic rings. The summed E-state index contributed by atoms with van der Waals surface area (Å²) < 4.78 is 14.6. The van der Waals surface area contributed by atoms with E-state index < -0.39 is 11.7 Å². The van der Waals surface area contributed by atoms with Crippen LogP contribution in [-0.2, 0) is 0 Å². The lowest BCUT2D eigenvalue weighted by atomic mass is 9.91. The topological polar surface area (TPSA) is 157 Å². The smallest absolute Gasteiger partial charge is 0.252 e. The highest BCUT2D eigenvalue weighted by Gasteiger charge is 2.24. The lowest BCUT2D eigenvalue weighted by Crippen LogP contribution is -2.43. The summed E-state index contributed by atoms with van der Waals surface area (Å²) in [5.74, 6) is -1.26. The summed E-state index contributed by atoms with van der Waals surface area (Å²) in [6, 6.07) is 7.86. The maximum absolute atomic E-state index is 14.6. The Balaban J connectivity index is 1.84. The summed E-state index contributed by atoms with van der Waals surface area (Å²) in [7, 11) is 0. The Morgan fingerprint density at radius 2 is 1.93 bits per heavy atom. The van der Waals surface area contributed by atoms with E-state index >= 15 is 0 Å². The highest BCUT2D eigenvalue weighted by Crippen LogP contribution is 2.27. The molecule has 0 bridgehead atoms. The van der Waals surface area contributed by atoms with Gasteiger partial charge >= 0.3 is 0 Å². The van der Waals surface area contributed by atoms with Crippen molar-refractivity contribution in [1.29, 1.82) is 0 Å². The number of nitrogens with zero attached hydrogens (tertiary/aromatic N) is 3. The molecule has 158 valence electrons. The van der Waals surface area contributed by atoms with Crippen molar-refractivity contribution in [3.63, 3.8) is 0 Å². The van der Waals surface area contributed by atoms with Crippen LogP contribution in [0.5, 0.6) is 0 Å². The van der Waals surface area contributed by atoms with Crippen LogP contribution in [0.3, 0.4) is 0 Å². The van der Waals surface area contributed by atoms with Crippen molar-refractivity contribution >= 4 is 41.6 Å². The molecule has 10 heteroatoms. The zero-order chi connectivity index (χ0) is 21.5. The summed E-state index contributed by atoms with van der Waals surface area (Å²) in [4.78, 5) is 23.9. The zero-order valence-corrected chi connectivity index (χ0v) is 16.4. The number of anilines is 3. The minimum absolute atomic E-state index is 0.0331. The van der Waals surface area contributed by atoms with Gasteiger partial charge in [0.05, 0.1) is 17.6 Å². The van der Waals surface area contributed by atoms with Gasteiger partial charge in [-0.05, 0) is 43.2 Å². The first-order chi connectivity index (χ1) is 14.5. The number of nitrogens with one attached hydrogen (secondary N) is 2. The molecular formula is C20H25FN8O. The number of carbonyl (C=O) groups excluding carboxylic acids is 1. The van der Waals surface area contributed by atoms with E-state index in [1.807, 2.05) is 0 Å². The summed E-state index contributed by atoms with van der Waals surface area (Å²) >= 11 is 0. The van der Waals surface area contributed by atoms with Gasteiger partial charge in [0.1, 0.15) is 12.2 Å². The van der Waals surface area contributed by atoms with Crippen LogP contribution >= 0.6 is 0 Å². The van der Waals surface area contributed by atoms with Crippen molar-refractivity contribution in [2.75, 3.05) is 10.6 Å². The number of aliphatic imine (C=N–C) groups is 2. The van der Waals surface area contributed by atoms with Gasteiger partial charge in [-0.25, -0.2) is 19.4 Å². The minimum atomic E-state index is -0.786. The zero-order valence-electron chi connectivity index (χ0n) is 16.4. The monoisotopic (exact) mass is 412 g/mol. The van der Waals surface area contributed by atoms with Gasteiger partial charge < -0.3 is 27.8 Å². The number of benzene rings is 1. The van der Waals surface area contributed by atoms with Crippen molar-refractivity contribution in [3.05, 3.63) is 41.7 Å². The van der Waals surface area contributed by atoms with Crippen LogP contribution in [0.4, 0.5) is 27.4 Å². The molecule has 1 aromatic carbocycles. The summed E-state index contributed by atoms with van der Waals surface area (Å²) in [6.07, 6.45) is 6.23. The van der Waals surface area contributed by atoms with Crippen LogP contribution < -0.4 is 27.8 Å². The molecule has 30 heavy (non-hydrogen) atoms. The lowest BCUT2D eigenvalue weighted by molar-refractivity contribution is 0.100. The SMILES string of the molecule is NC=NC=Nc1ccc(Nc2nc(N[C@@H]3CCCC[C@@H]3N)c(F)cc2C(N)=O)cc1. The maximum atomic E-state index is 14.6. The number of primary amides is 1. The average Bonchev–Trinajstić information content (AvgIpc) is 2.73. The van der Waals surface area contributed by atoms with Crippen LogP contribution in [0.25, 0.3) is 0 Å². The van der Waals surface area contributed by atoms with E-state index in [1.54, 1.807) is 24.3 Å². The van der Waals surface area contributed by atoms with E-state index in [0.29, 0.717) is 11.4 Å². The van der Waals surface area contributed by atoms with Crippen LogP contribution in [-0.4, -0.2) is 35.7 Å². The molecule has 0 aliphatic heterocycles. The Morgan fingerprint density at radius 3 is 2.60 bits per heavy atom. The summed E-state index contributed by atoms with van der Waals surface area (Å²) in [5.41, 5.74) is 17.9. The molecule has 0 radical (unpaired) electrons. The molecule has 9 nitrogen and oxygen atoms in total. The number of rotatable bonds is 7. The second-order valence-electron chi connectivity index (χ2n) is 6.99. The molecule has 0 unspecified atom stereocenters. The molecule has 1 aromatic heterocycles. The molecule has 1 fully saturated rings. The first kappa shape index (κ1) is 21.2. The lowest BCUT2D eigenvalue weighted by Gasteiger charge is -2.30. The molecule has 0 spiro atoms. The summed E-state index contributed by atoms with van der Waals surface area (Å²) in [6.45, 7) is 0. The van der Waals surface area contributed by atoms with Gasteiger partial charge in [-0.2, -0.15) is 0 Å². The Hall–Kier alpha value is -3.53. The summed E-state index contributed by atoms with van der Waals surface area (Å²) in [5, 5.41) is 6.10. The van der Waals surface area contributed by atoms with Gasteiger partial charge in [0, 0.05) is 17.8 Å². The Bertz CT molecular complexity index is 945.